The maximum Gasteiger partial charge on any atom is 0.350 e. The third kappa shape index (κ3) is 6.15. The first-order valence-electron chi connectivity index (χ1n) is 12.0. The summed E-state index contributed by atoms with van der Waals surface area (Å²) in [6, 6.07) is 0. The highest BCUT2D eigenvalue weighted by atomic mass is 16.6. The molecule has 170 valence electrons. The molecule has 0 aliphatic carbocycles. The van der Waals surface area contributed by atoms with E-state index in [0.29, 0.717) is 25.2 Å². The molecular weight excluding hydrogens is 376 g/mol. The number of phenols is 1. The number of carbonyl (C=O) groups is 1. The Morgan fingerprint density at radius 2 is 1.50 bits per heavy atom. The molecule has 4 nitrogen and oxygen atoms in total. The van der Waals surface area contributed by atoms with Gasteiger partial charge in [0.05, 0.1) is 6.61 Å². The van der Waals surface area contributed by atoms with Gasteiger partial charge >= 0.3 is 5.97 Å². The summed E-state index contributed by atoms with van der Waals surface area (Å²) in [4.78, 5) is 12.7. The van der Waals surface area contributed by atoms with Crippen LogP contribution < -0.4 is 4.74 Å². The first-order chi connectivity index (χ1) is 14.3. The van der Waals surface area contributed by atoms with Crippen LogP contribution >= 0.6 is 0 Å². The van der Waals surface area contributed by atoms with Crippen LogP contribution in [0.4, 0.5) is 0 Å². The van der Waals surface area contributed by atoms with Crippen LogP contribution in [0.2, 0.25) is 0 Å². The number of ether oxygens (including phenoxy) is 2. The van der Waals surface area contributed by atoms with Crippen LogP contribution in [0.5, 0.6) is 11.5 Å². The second-order valence-electron chi connectivity index (χ2n) is 9.18. The highest BCUT2D eigenvalue weighted by Crippen LogP contribution is 2.43. The van der Waals surface area contributed by atoms with Gasteiger partial charge in [-0.1, -0.05) is 64.7 Å². The van der Waals surface area contributed by atoms with Crippen molar-refractivity contribution in [1.29, 1.82) is 0 Å². The molecule has 1 atom stereocenters. The van der Waals surface area contributed by atoms with Gasteiger partial charge in [-0.2, -0.15) is 0 Å². The summed E-state index contributed by atoms with van der Waals surface area (Å²) in [5.41, 5.74) is 2.63. The van der Waals surface area contributed by atoms with Gasteiger partial charge in [-0.3, -0.25) is 0 Å². The Labute approximate surface area is 183 Å². The largest absolute Gasteiger partial charge is 0.507 e. The summed E-state index contributed by atoms with van der Waals surface area (Å²) in [5.74, 6) is 0.807. The SMILES string of the molecule is CCCCCCCCCCCCOC(=O)C1(C)CCc2c(C)c(O)c(C)c(C)c2O1. The Morgan fingerprint density at radius 3 is 2.10 bits per heavy atom. The fourth-order valence-corrected chi connectivity index (χ4v) is 4.30. The number of esters is 1. The van der Waals surface area contributed by atoms with Crippen LogP contribution in [0.15, 0.2) is 0 Å². The minimum Gasteiger partial charge on any atom is -0.507 e. The van der Waals surface area contributed by atoms with Crippen LogP contribution in [-0.2, 0) is 16.0 Å². The monoisotopic (exact) mass is 418 g/mol. The highest BCUT2D eigenvalue weighted by molar-refractivity contribution is 5.80. The summed E-state index contributed by atoms with van der Waals surface area (Å²) in [6.07, 6.45) is 13.9. The zero-order valence-electron chi connectivity index (χ0n) is 19.9. The van der Waals surface area contributed by atoms with E-state index in [1.807, 2.05) is 27.7 Å². The van der Waals surface area contributed by atoms with Crippen LogP contribution in [0, 0.1) is 20.8 Å². The van der Waals surface area contributed by atoms with Crippen molar-refractivity contribution in [2.75, 3.05) is 6.61 Å². The number of rotatable bonds is 12. The van der Waals surface area contributed by atoms with Crippen LogP contribution in [0.3, 0.4) is 0 Å². The number of aromatic hydroxyl groups is 1. The summed E-state index contributed by atoms with van der Waals surface area (Å²) in [7, 11) is 0. The lowest BCUT2D eigenvalue weighted by atomic mass is 9.87. The third-order valence-electron chi connectivity index (χ3n) is 6.68. The van der Waals surface area contributed by atoms with Crippen molar-refractivity contribution in [3.8, 4) is 11.5 Å². The number of carbonyl (C=O) groups excluding carboxylic acids is 1. The van der Waals surface area contributed by atoms with Crippen molar-refractivity contribution in [2.24, 2.45) is 0 Å². The fourth-order valence-electron chi connectivity index (χ4n) is 4.30. The van der Waals surface area contributed by atoms with E-state index in [4.69, 9.17) is 9.47 Å². The second kappa shape index (κ2) is 11.6. The average Bonchev–Trinajstić information content (AvgIpc) is 2.74. The molecule has 1 aliphatic rings. The molecule has 1 aromatic rings. The lowest BCUT2D eigenvalue weighted by molar-refractivity contribution is -0.162. The standard InChI is InChI=1S/C26H42O4/c1-6-7-8-9-10-11-12-13-14-15-18-29-25(28)26(5)17-16-22-21(4)23(27)19(2)20(3)24(22)30-26/h27H,6-18H2,1-5H3. The van der Waals surface area contributed by atoms with Crippen molar-refractivity contribution in [3.63, 3.8) is 0 Å². The Hall–Kier alpha value is -1.71. The van der Waals surface area contributed by atoms with Gasteiger partial charge in [0.15, 0.2) is 0 Å². The molecule has 0 radical (unpaired) electrons. The van der Waals surface area contributed by atoms with Crippen LogP contribution in [-0.4, -0.2) is 23.3 Å². The first kappa shape index (κ1) is 24.6. The maximum atomic E-state index is 12.7. The molecule has 1 N–H and O–H groups in total. The molecule has 1 heterocycles. The Balaban J connectivity index is 1.73. The van der Waals surface area contributed by atoms with E-state index in [0.717, 1.165) is 40.8 Å². The molecule has 0 aromatic heterocycles. The lowest BCUT2D eigenvalue weighted by Gasteiger charge is -2.35. The summed E-state index contributed by atoms with van der Waals surface area (Å²) in [6.45, 7) is 10.3. The number of hydrogen-bond acceptors (Lipinski definition) is 4. The molecule has 4 heteroatoms. The zero-order valence-corrected chi connectivity index (χ0v) is 19.9. The van der Waals surface area contributed by atoms with Gasteiger partial charge in [0.25, 0.3) is 0 Å². The van der Waals surface area contributed by atoms with Crippen LogP contribution in [0.1, 0.15) is 107 Å². The highest BCUT2D eigenvalue weighted by Gasteiger charge is 2.42. The molecule has 0 amide bonds. The van der Waals surface area contributed by atoms with Crippen molar-refractivity contribution in [1.82, 2.24) is 0 Å². The summed E-state index contributed by atoms with van der Waals surface area (Å²) < 4.78 is 11.8. The lowest BCUT2D eigenvalue weighted by Crippen LogP contribution is -2.46. The average molecular weight is 419 g/mol. The molecule has 1 aliphatic heterocycles. The van der Waals surface area contributed by atoms with Gasteiger partial charge in [0.2, 0.25) is 5.60 Å². The predicted octanol–water partition coefficient (Wildman–Crippen LogP) is 6.87. The Kier molecular flexibility index (Phi) is 9.51. The first-order valence-corrected chi connectivity index (χ1v) is 12.0. The van der Waals surface area contributed by atoms with Gasteiger partial charge in [0.1, 0.15) is 11.5 Å². The predicted molar refractivity (Wildman–Crippen MR) is 122 cm³/mol. The molecule has 0 fully saturated rings. The van der Waals surface area contributed by atoms with Gasteiger partial charge in [0, 0.05) is 12.0 Å². The van der Waals surface area contributed by atoms with Crippen LogP contribution in [0.25, 0.3) is 0 Å². The van der Waals surface area contributed by atoms with Gasteiger partial charge in [-0.25, -0.2) is 4.79 Å². The maximum absolute atomic E-state index is 12.7. The number of phenolic OH excluding ortho intramolecular Hbond substituents is 1. The Bertz CT molecular complexity index is 710. The molecule has 0 saturated carbocycles. The molecule has 1 aromatic carbocycles. The van der Waals surface area contributed by atoms with E-state index in [1.54, 1.807) is 0 Å². The fraction of sp³-hybridized carbons (Fsp3) is 0.731. The number of unbranched alkanes of at least 4 members (excludes halogenated alkanes) is 9. The molecule has 0 spiro atoms. The molecule has 1 unspecified atom stereocenters. The van der Waals surface area contributed by atoms with Crippen molar-refractivity contribution in [3.05, 3.63) is 22.3 Å². The van der Waals surface area contributed by atoms with Crippen molar-refractivity contribution in [2.45, 2.75) is 117 Å². The van der Waals surface area contributed by atoms with Gasteiger partial charge in [-0.05, 0) is 57.2 Å². The smallest absolute Gasteiger partial charge is 0.350 e. The zero-order chi connectivity index (χ0) is 22.1. The quantitative estimate of drug-likeness (QED) is 0.297. The molecule has 30 heavy (non-hydrogen) atoms. The van der Waals surface area contributed by atoms with Crippen molar-refractivity contribution < 1.29 is 19.4 Å². The van der Waals surface area contributed by atoms with Gasteiger partial charge < -0.3 is 14.6 Å². The minimum absolute atomic E-state index is 0.271. The Morgan fingerprint density at radius 1 is 0.933 bits per heavy atom. The molecular formula is C26H42O4. The van der Waals surface area contributed by atoms with Crippen molar-refractivity contribution >= 4 is 5.97 Å². The number of fused-ring (bicyclic) bond motifs is 1. The topological polar surface area (TPSA) is 55.8 Å². The minimum atomic E-state index is -0.952. The van der Waals surface area contributed by atoms with E-state index in [2.05, 4.69) is 6.92 Å². The van der Waals surface area contributed by atoms with E-state index in [9.17, 15) is 9.90 Å². The van der Waals surface area contributed by atoms with E-state index >= 15 is 0 Å². The molecule has 2 rings (SSSR count). The normalized spacial score (nSPS) is 18.0. The summed E-state index contributed by atoms with van der Waals surface area (Å²) >= 11 is 0. The van der Waals surface area contributed by atoms with E-state index < -0.39 is 5.60 Å². The molecule has 0 bridgehead atoms. The summed E-state index contributed by atoms with van der Waals surface area (Å²) in [5, 5.41) is 10.3. The second-order valence-corrected chi connectivity index (χ2v) is 9.18. The van der Waals surface area contributed by atoms with Gasteiger partial charge in [-0.15, -0.1) is 0 Å². The number of hydrogen-bond donors (Lipinski definition) is 1. The van der Waals surface area contributed by atoms with E-state index in [-0.39, 0.29) is 5.97 Å². The molecule has 0 saturated heterocycles. The third-order valence-corrected chi connectivity index (χ3v) is 6.68. The number of benzene rings is 1. The van der Waals surface area contributed by atoms with E-state index in [1.165, 1.54) is 51.4 Å².